The number of benzene rings is 2. The third kappa shape index (κ3) is 3.95. The van der Waals surface area contributed by atoms with Gasteiger partial charge < -0.3 is 4.57 Å². The molecule has 0 atom stereocenters. The van der Waals surface area contributed by atoms with E-state index in [4.69, 9.17) is 16.5 Å². The van der Waals surface area contributed by atoms with E-state index in [-0.39, 0.29) is 0 Å². The zero-order valence-corrected chi connectivity index (χ0v) is 20.7. The highest BCUT2D eigenvalue weighted by Gasteiger charge is 2.26. The van der Waals surface area contributed by atoms with E-state index >= 15 is 0 Å². The third-order valence-electron chi connectivity index (χ3n) is 6.89. The molecule has 2 aromatic carbocycles. The summed E-state index contributed by atoms with van der Waals surface area (Å²) in [5.41, 5.74) is 9.73. The average molecular weight is 474 g/mol. The fourth-order valence-corrected chi connectivity index (χ4v) is 4.82. The van der Waals surface area contributed by atoms with Crippen molar-refractivity contribution in [1.82, 2.24) is 29.5 Å². The van der Waals surface area contributed by atoms with Gasteiger partial charge in [0.15, 0.2) is 11.3 Å². The van der Waals surface area contributed by atoms with Crippen molar-refractivity contribution in [2.75, 3.05) is 0 Å². The third-order valence-corrected chi connectivity index (χ3v) is 6.89. The first-order valence-electron chi connectivity index (χ1n) is 12.4. The molecular weight excluding hydrogens is 446 g/mol. The molecule has 1 aliphatic rings. The average Bonchev–Trinajstić information content (AvgIpc) is 3.52. The summed E-state index contributed by atoms with van der Waals surface area (Å²) < 4.78 is 4.03. The predicted molar refractivity (Wildman–Crippen MR) is 141 cm³/mol. The van der Waals surface area contributed by atoms with Gasteiger partial charge >= 0.3 is 0 Å². The fourth-order valence-electron chi connectivity index (χ4n) is 4.82. The van der Waals surface area contributed by atoms with Crippen LogP contribution in [0.3, 0.4) is 0 Å². The molecule has 5 aromatic rings. The molecule has 0 radical (unpaired) electrons. The smallest absolute Gasteiger partial charge is 0.195 e. The van der Waals surface area contributed by atoms with E-state index in [0.29, 0.717) is 18.2 Å². The monoisotopic (exact) mass is 473 g/mol. The molecule has 1 saturated carbocycles. The van der Waals surface area contributed by atoms with Crippen molar-refractivity contribution < 1.29 is 0 Å². The molecular formula is C29H27N7. The van der Waals surface area contributed by atoms with Gasteiger partial charge in [0, 0.05) is 18.0 Å². The molecule has 1 aliphatic carbocycles. The molecule has 36 heavy (non-hydrogen) atoms. The van der Waals surface area contributed by atoms with Gasteiger partial charge in [-0.2, -0.15) is 0 Å². The molecule has 0 saturated heterocycles. The normalized spacial score (nSPS) is 13.3. The summed E-state index contributed by atoms with van der Waals surface area (Å²) in [6.07, 6.45) is 5.24. The van der Waals surface area contributed by atoms with Crippen LogP contribution in [0.1, 0.15) is 54.0 Å². The lowest BCUT2D eigenvalue weighted by Gasteiger charge is -2.11. The van der Waals surface area contributed by atoms with Crippen LogP contribution in [0, 0.1) is 20.4 Å². The highest BCUT2D eigenvalue weighted by molar-refractivity contribution is 5.80. The standard InChI is InChI=1S/C29H27N7/c1-5-27-32-28-18(2)14-19(3)31-29(28)35(27)16-20-6-8-21(9-7-20)24-15-23(12-13-25(24)30-4)36-17-26(33-34-36)22-10-11-22/h6-9,12-15,17,22H,5,10-11,16H2,1-3H3. The van der Waals surface area contributed by atoms with Crippen molar-refractivity contribution >= 4 is 16.9 Å². The largest absolute Gasteiger partial charge is 0.308 e. The summed E-state index contributed by atoms with van der Waals surface area (Å²) in [6.45, 7) is 14.6. The molecule has 178 valence electrons. The molecule has 0 N–H and O–H groups in total. The summed E-state index contributed by atoms with van der Waals surface area (Å²) >= 11 is 0. The maximum absolute atomic E-state index is 7.68. The van der Waals surface area contributed by atoms with Gasteiger partial charge in [-0.25, -0.2) is 19.5 Å². The van der Waals surface area contributed by atoms with Gasteiger partial charge in [0.2, 0.25) is 0 Å². The lowest BCUT2D eigenvalue weighted by Crippen LogP contribution is -2.05. The van der Waals surface area contributed by atoms with Crippen LogP contribution in [0.25, 0.3) is 32.8 Å². The Kier molecular flexibility index (Phi) is 5.37. The molecule has 6 rings (SSSR count). The number of hydrogen-bond donors (Lipinski definition) is 0. The minimum atomic E-state index is 0.553. The Morgan fingerprint density at radius 1 is 1.03 bits per heavy atom. The van der Waals surface area contributed by atoms with Gasteiger partial charge in [-0.05, 0) is 67.1 Å². The summed E-state index contributed by atoms with van der Waals surface area (Å²) in [5.74, 6) is 1.59. The number of aromatic nitrogens is 6. The zero-order valence-electron chi connectivity index (χ0n) is 20.7. The molecule has 0 bridgehead atoms. The number of fused-ring (bicyclic) bond motifs is 1. The molecule has 3 aromatic heterocycles. The van der Waals surface area contributed by atoms with Crippen molar-refractivity contribution in [2.45, 2.75) is 52.5 Å². The van der Waals surface area contributed by atoms with Crippen LogP contribution in [-0.2, 0) is 13.0 Å². The van der Waals surface area contributed by atoms with Crippen molar-refractivity contribution in [3.63, 3.8) is 0 Å². The van der Waals surface area contributed by atoms with Gasteiger partial charge in [-0.1, -0.05) is 42.5 Å². The number of hydrogen-bond acceptors (Lipinski definition) is 4. The van der Waals surface area contributed by atoms with Crippen LogP contribution in [0.2, 0.25) is 0 Å². The molecule has 0 unspecified atom stereocenters. The van der Waals surface area contributed by atoms with Crippen molar-refractivity contribution in [3.05, 3.63) is 94.5 Å². The summed E-state index contributed by atoms with van der Waals surface area (Å²) in [5, 5.41) is 8.65. The Morgan fingerprint density at radius 2 is 1.83 bits per heavy atom. The number of rotatable bonds is 6. The summed E-state index contributed by atoms with van der Waals surface area (Å²) in [4.78, 5) is 13.4. The molecule has 0 spiro atoms. The molecule has 0 aliphatic heterocycles. The topological polar surface area (TPSA) is 65.8 Å². The Morgan fingerprint density at radius 3 is 2.56 bits per heavy atom. The van der Waals surface area contributed by atoms with Gasteiger partial charge in [0.1, 0.15) is 11.3 Å². The Balaban J connectivity index is 1.33. The van der Waals surface area contributed by atoms with E-state index in [1.165, 1.54) is 18.4 Å². The lowest BCUT2D eigenvalue weighted by atomic mass is 10.0. The molecule has 0 amide bonds. The first-order chi connectivity index (χ1) is 17.5. The second-order valence-corrected chi connectivity index (χ2v) is 9.59. The van der Waals surface area contributed by atoms with E-state index < -0.39 is 0 Å². The predicted octanol–water partition coefficient (Wildman–Crippen LogP) is 6.33. The molecule has 1 fully saturated rings. The van der Waals surface area contributed by atoms with Crippen LogP contribution >= 0.6 is 0 Å². The van der Waals surface area contributed by atoms with Crippen LogP contribution in [-0.4, -0.2) is 29.5 Å². The second-order valence-electron chi connectivity index (χ2n) is 9.59. The van der Waals surface area contributed by atoms with Crippen molar-refractivity contribution in [2.24, 2.45) is 0 Å². The van der Waals surface area contributed by atoms with E-state index in [2.05, 4.69) is 63.9 Å². The maximum atomic E-state index is 7.68. The van der Waals surface area contributed by atoms with E-state index in [9.17, 15) is 0 Å². The highest BCUT2D eigenvalue weighted by atomic mass is 15.4. The number of imidazole rings is 1. The van der Waals surface area contributed by atoms with Crippen molar-refractivity contribution in [1.29, 1.82) is 0 Å². The van der Waals surface area contributed by atoms with Crippen LogP contribution < -0.4 is 0 Å². The Bertz CT molecular complexity index is 1630. The Labute approximate surface area is 210 Å². The second kappa shape index (κ2) is 8.72. The van der Waals surface area contributed by atoms with E-state index in [1.807, 2.05) is 36.0 Å². The van der Waals surface area contributed by atoms with Crippen LogP contribution in [0.4, 0.5) is 5.69 Å². The quantitative estimate of drug-likeness (QED) is 0.270. The van der Waals surface area contributed by atoms with E-state index in [1.54, 1.807) is 0 Å². The van der Waals surface area contributed by atoms with Gasteiger partial charge in [-0.15, -0.1) is 5.10 Å². The molecule has 7 heteroatoms. The molecule has 3 heterocycles. The highest BCUT2D eigenvalue weighted by Crippen LogP contribution is 2.39. The summed E-state index contributed by atoms with van der Waals surface area (Å²) in [7, 11) is 0. The fraction of sp³-hybridized carbons (Fsp3) is 0.276. The van der Waals surface area contributed by atoms with Gasteiger partial charge in [0.25, 0.3) is 0 Å². The number of nitrogens with zero attached hydrogens (tertiary/aromatic N) is 7. The minimum absolute atomic E-state index is 0.553. The van der Waals surface area contributed by atoms with Gasteiger partial charge in [0.05, 0.1) is 30.7 Å². The van der Waals surface area contributed by atoms with Crippen LogP contribution in [0.15, 0.2) is 54.7 Å². The van der Waals surface area contributed by atoms with Gasteiger partial charge in [-0.3, -0.25) is 0 Å². The zero-order chi connectivity index (χ0) is 24.8. The SMILES string of the molecule is [C-]#[N+]c1ccc(-n2cc(C3CC3)nn2)cc1-c1ccc(Cn2c(CC)nc3c(C)cc(C)nc32)cc1. The lowest BCUT2D eigenvalue weighted by molar-refractivity contribution is 0.745. The first-order valence-corrected chi connectivity index (χ1v) is 12.4. The number of aryl methyl sites for hydroxylation is 3. The van der Waals surface area contributed by atoms with Crippen molar-refractivity contribution in [3.8, 4) is 16.8 Å². The Hall–Kier alpha value is -4.31. The maximum Gasteiger partial charge on any atom is 0.195 e. The summed E-state index contributed by atoms with van der Waals surface area (Å²) in [6, 6.07) is 16.4. The van der Waals surface area contributed by atoms with Crippen LogP contribution in [0.5, 0.6) is 0 Å². The van der Waals surface area contributed by atoms with E-state index in [0.717, 1.165) is 57.2 Å². The molecule has 7 nitrogen and oxygen atoms in total. The minimum Gasteiger partial charge on any atom is -0.308 e. The number of pyridine rings is 1. The first kappa shape index (κ1) is 22.2.